The number of ether oxygens (including phenoxy) is 1. The maximum absolute atomic E-state index is 12.3. The molecule has 0 saturated carbocycles. The fourth-order valence-electron chi connectivity index (χ4n) is 3.69. The van der Waals surface area contributed by atoms with E-state index in [0.29, 0.717) is 18.5 Å². The van der Waals surface area contributed by atoms with E-state index in [0.717, 1.165) is 45.0 Å². The van der Waals surface area contributed by atoms with Gasteiger partial charge in [0.05, 0.1) is 13.2 Å². The zero-order chi connectivity index (χ0) is 17.8. The van der Waals surface area contributed by atoms with E-state index in [1.54, 1.807) is 0 Å². The van der Waals surface area contributed by atoms with Crippen molar-refractivity contribution in [3.63, 3.8) is 0 Å². The van der Waals surface area contributed by atoms with Gasteiger partial charge >= 0.3 is 6.03 Å². The Morgan fingerprint density at radius 1 is 1.24 bits per heavy atom. The summed E-state index contributed by atoms with van der Waals surface area (Å²) in [5.74, 6) is 0.479. The minimum atomic E-state index is -0.139. The minimum absolute atomic E-state index is 0.139. The first-order valence-corrected chi connectivity index (χ1v) is 9.25. The second-order valence-corrected chi connectivity index (χ2v) is 7.31. The van der Waals surface area contributed by atoms with Crippen molar-refractivity contribution in [2.75, 3.05) is 56.7 Å². The highest BCUT2D eigenvalue weighted by atomic mass is 16.5. The number of benzene rings is 1. The number of nitrogens with zero attached hydrogens (tertiary/aromatic N) is 2. The number of likely N-dealkylation sites (N-methyl/N-ethyl adjacent to an activating group) is 1. The molecule has 0 aromatic heterocycles. The van der Waals surface area contributed by atoms with Gasteiger partial charge in [0, 0.05) is 50.6 Å². The van der Waals surface area contributed by atoms with E-state index >= 15 is 0 Å². The van der Waals surface area contributed by atoms with Crippen molar-refractivity contribution < 1.29 is 9.53 Å². The SMILES string of the molecule is CC(C)C(CNC(=O)Nc1ccc2c(c1)N(C)CC2)N1CCOCC1. The van der Waals surface area contributed by atoms with E-state index in [9.17, 15) is 4.79 Å². The van der Waals surface area contributed by atoms with Crippen molar-refractivity contribution in [2.45, 2.75) is 26.3 Å². The van der Waals surface area contributed by atoms with Gasteiger partial charge in [0.25, 0.3) is 0 Å². The minimum Gasteiger partial charge on any atom is -0.379 e. The molecule has 2 heterocycles. The van der Waals surface area contributed by atoms with Crippen LogP contribution >= 0.6 is 0 Å². The molecule has 2 amide bonds. The van der Waals surface area contributed by atoms with Crippen molar-refractivity contribution >= 4 is 17.4 Å². The van der Waals surface area contributed by atoms with Crippen molar-refractivity contribution in [2.24, 2.45) is 5.92 Å². The molecule has 138 valence electrons. The van der Waals surface area contributed by atoms with Crippen LogP contribution in [0.15, 0.2) is 18.2 Å². The Kier molecular flexibility index (Phi) is 5.81. The molecule has 1 aromatic rings. The number of carbonyl (C=O) groups is 1. The van der Waals surface area contributed by atoms with Gasteiger partial charge in [0.15, 0.2) is 0 Å². The topological polar surface area (TPSA) is 56.8 Å². The van der Waals surface area contributed by atoms with Gasteiger partial charge in [-0.2, -0.15) is 0 Å². The summed E-state index contributed by atoms with van der Waals surface area (Å²) in [6.45, 7) is 9.52. The predicted molar refractivity (Wildman–Crippen MR) is 101 cm³/mol. The van der Waals surface area contributed by atoms with Crippen LogP contribution in [0.1, 0.15) is 19.4 Å². The summed E-state index contributed by atoms with van der Waals surface area (Å²) in [6.07, 6.45) is 1.08. The first kappa shape index (κ1) is 18.0. The van der Waals surface area contributed by atoms with Crippen molar-refractivity contribution in [3.8, 4) is 0 Å². The van der Waals surface area contributed by atoms with Crippen molar-refractivity contribution in [1.29, 1.82) is 0 Å². The Labute approximate surface area is 150 Å². The van der Waals surface area contributed by atoms with Gasteiger partial charge in [-0.25, -0.2) is 4.79 Å². The third-order valence-electron chi connectivity index (χ3n) is 5.23. The first-order valence-electron chi connectivity index (χ1n) is 9.25. The Balaban J connectivity index is 1.54. The van der Waals surface area contributed by atoms with Gasteiger partial charge in [0.2, 0.25) is 0 Å². The van der Waals surface area contributed by atoms with E-state index in [1.165, 1.54) is 11.3 Å². The molecule has 6 heteroatoms. The van der Waals surface area contributed by atoms with Crippen LogP contribution in [0.3, 0.4) is 0 Å². The van der Waals surface area contributed by atoms with E-state index in [-0.39, 0.29) is 6.03 Å². The van der Waals surface area contributed by atoms with E-state index in [1.807, 2.05) is 6.07 Å². The molecule has 6 nitrogen and oxygen atoms in total. The summed E-state index contributed by atoms with van der Waals surface area (Å²) >= 11 is 0. The number of morpholine rings is 1. The molecule has 2 aliphatic heterocycles. The van der Waals surface area contributed by atoms with E-state index in [2.05, 4.69) is 53.5 Å². The zero-order valence-electron chi connectivity index (χ0n) is 15.5. The molecule has 1 fully saturated rings. The Hall–Kier alpha value is -1.79. The monoisotopic (exact) mass is 346 g/mol. The zero-order valence-corrected chi connectivity index (χ0v) is 15.5. The first-order chi connectivity index (χ1) is 12.0. The molecule has 1 atom stereocenters. The second kappa shape index (κ2) is 8.06. The molecule has 2 aliphatic rings. The fourth-order valence-corrected chi connectivity index (χ4v) is 3.69. The normalized spacial score (nSPS) is 19.0. The molecule has 3 rings (SSSR count). The number of hydrogen-bond donors (Lipinski definition) is 2. The van der Waals surface area contributed by atoms with Crippen LogP contribution < -0.4 is 15.5 Å². The summed E-state index contributed by atoms with van der Waals surface area (Å²) in [7, 11) is 2.09. The maximum atomic E-state index is 12.3. The third kappa shape index (κ3) is 4.44. The molecular weight excluding hydrogens is 316 g/mol. The third-order valence-corrected chi connectivity index (χ3v) is 5.23. The molecule has 0 radical (unpaired) electrons. The molecule has 1 aromatic carbocycles. The molecule has 0 aliphatic carbocycles. The van der Waals surface area contributed by atoms with E-state index < -0.39 is 0 Å². The quantitative estimate of drug-likeness (QED) is 0.858. The van der Waals surface area contributed by atoms with Crippen LogP contribution in [-0.2, 0) is 11.2 Å². The number of rotatable bonds is 5. The van der Waals surface area contributed by atoms with Crippen LogP contribution in [0.4, 0.5) is 16.2 Å². The summed E-state index contributed by atoms with van der Waals surface area (Å²) in [5, 5.41) is 6.01. The smallest absolute Gasteiger partial charge is 0.319 e. The lowest BCUT2D eigenvalue weighted by Gasteiger charge is -2.36. The van der Waals surface area contributed by atoms with Crippen LogP contribution in [0, 0.1) is 5.92 Å². The molecule has 0 bridgehead atoms. The number of fused-ring (bicyclic) bond motifs is 1. The maximum Gasteiger partial charge on any atom is 0.319 e. The van der Waals surface area contributed by atoms with Gasteiger partial charge < -0.3 is 20.3 Å². The summed E-state index contributed by atoms with van der Waals surface area (Å²) in [6, 6.07) is 6.35. The Bertz CT molecular complexity index is 599. The molecule has 1 saturated heterocycles. The summed E-state index contributed by atoms with van der Waals surface area (Å²) < 4.78 is 5.43. The Morgan fingerprint density at radius 3 is 2.72 bits per heavy atom. The molecule has 1 unspecified atom stereocenters. The molecule has 25 heavy (non-hydrogen) atoms. The van der Waals surface area contributed by atoms with Gasteiger partial charge in [0.1, 0.15) is 0 Å². The largest absolute Gasteiger partial charge is 0.379 e. The lowest BCUT2D eigenvalue weighted by atomic mass is 10.0. The number of carbonyl (C=O) groups excluding carboxylic acids is 1. The second-order valence-electron chi connectivity index (χ2n) is 7.31. The number of anilines is 2. The number of hydrogen-bond acceptors (Lipinski definition) is 4. The lowest BCUT2D eigenvalue weighted by Crippen LogP contribution is -2.51. The van der Waals surface area contributed by atoms with Gasteiger partial charge in [-0.3, -0.25) is 4.90 Å². The highest BCUT2D eigenvalue weighted by molar-refractivity contribution is 5.90. The van der Waals surface area contributed by atoms with Crippen LogP contribution in [0.2, 0.25) is 0 Å². The standard InChI is InChI=1S/C19H30N4O2/c1-14(2)18(23-8-10-25-11-9-23)13-20-19(24)21-16-5-4-15-6-7-22(3)17(15)12-16/h4-5,12,14,18H,6-11,13H2,1-3H3,(H2,20,21,24). The van der Waals surface area contributed by atoms with Crippen molar-refractivity contribution in [3.05, 3.63) is 23.8 Å². The van der Waals surface area contributed by atoms with Gasteiger partial charge in [-0.05, 0) is 30.0 Å². The molecule has 0 spiro atoms. The predicted octanol–water partition coefficient (Wildman–Crippen LogP) is 2.16. The summed E-state index contributed by atoms with van der Waals surface area (Å²) in [4.78, 5) is 17.0. The fraction of sp³-hybridized carbons (Fsp3) is 0.632. The van der Waals surface area contributed by atoms with Crippen LogP contribution in [0.5, 0.6) is 0 Å². The van der Waals surface area contributed by atoms with Crippen molar-refractivity contribution in [1.82, 2.24) is 10.2 Å². The number of amides is 2. The molecular formula is C19H30N4O2. The number of urea groups is 1. The molecule has 2 N–H and O–H groups in total. The summed E-state index contributed by atoms with van der Waals surface area (Å²) in [5.41, 5.74) is 3.41. The Morgan fingerprint density at radius 2 is 2.00 bits per heavy atom. The van der Waals surface area contributed by atoms with Gasteiger partial charge in [-0.15, -0.1) is 0 Å². The number of nitrogens with one attached hydrogen (secondary N) is 2. The average Bonchev–Trinajstić information content (AvgIpc) is 2.96. The average molecular weight is 346 g/mol. The van der Waals surface area contributed by atoms with E-state index in [4.69, 9.17) is 4.74 Å². The highest BCUT2D eigenvalue weighted by Crippen LogP contribution is 2.29. The van der Waals surface area contributed by atoms with Crippen LogP contribution in [-0.4, -0.2) is 63.4 Å². The van der Waals surface area contributed by atoms with Gasteiger partial charge in [-0.1, -0.05) is 19.9 Å². The lowest BCUT2D eigenvalue weighted by molar-refractivity contribution is 0.00728. The van der Waals surface area contributed by atoms with Crippen LogP contribution in [0.25, 0.3) is 0 Å². The highest BCUT2D eigenvalue weighted by Gasteiger charge is 2.24.